The van der Waals surface area contributed by atoms with Crippen molar-refractivity contribution >= 4 is 17.5 Å². The summed E-state index contributed by atoms with van der Waals surface area (Å²) in [4.78, 5) is 32.9. The minimum Gasteiger partial charge on any atom is -0.348 e. The Morgan fingerprint density at radius 1 is 1.14 bits per heavy atom. The molecule has 0 bridgehead atoms. The smallest absolute Gasteiger partial charge is 0.275 e. The van der Waals surface area contributed by atoms with Gasteiger partial charge in [0.15, 0.2) is 0 Å². The predicted molar refractivity (Wildman–Crippen MR) is 115 cm³/mol. The summed E-state index contributed by atoms with van der Waals surface area (Å²) >= 11 is 0. The molecule has 29 heavy (non-hydrogen) atoms. The Balaban J connectivity index is 1.55. The summed E-state index contributed by atoms with van der Waals surface area (Å²) in [6.07, 6.45) is 12.9. The van der Waals surface area contributed by atoms with Gasteiger partial charge < -0.3 is 10.2 Å². The largest absolute Gasteiger partial charge is 0.348 e. The first-order valence-electron chi connectivity index (χ1n) is 10.6. The lowest BCUT2D eigenvalue weighted by atomic mass is 9.88. The van der Waals surface area contributed by atoms with Crippen LogP contribution in [0.3, 0.4) is 0 Å². The number of hydrogen-bond donors (Lipinski definition) is 1. The van der Waals surface area contributed by atoms with Gasteiger partial charge in [0.25, 0.3) is 5.91 Å². The number of nitrogens with one attached hydrogen (secondary N) is 1. The lowest BCUT2D eigenvalue weighted by Gasteiger charge is -2.39. The Bertz CT molecular complexity index is 876. The number of benzene rings is 1. The van der Waals surface area contributed by atoms with Gasteiger partial charge in [0.1, 0.15) is 17.9 Å². The highest BCUT2D eigenvalue weighted by Gasteiger charge is 2.48. The maximum absolute atomic E-state index is 13.3. The van der Waals surface area contributed by atoms with Gasteiger partial charge in [0.2, 0.25) is 5.91 Å². The second-order valence-electron chi connectivity index (χ2n) is 8.48. The van der Waals surface area contributed by atoms with Crippen LogP contribution in [0.2, 0.25) is 0 Å². The number of aliphatic imine (C=N–C) groups is 1. The van der Waals surface area contributed by atoms with Gasteiger partial charge in [-0.1, -0.05) is 67.5 Å². The van der Waals surface area contributed by atoms with E-state index in [1.807, 2.05) is 49.4 Å². The molecule has 2 amide bonds. The number of nitrogens with zero attached hydrogens (tertiary/aromatic N) is 2. The quantitative estimate of drug-likeness (QED) is 0.853. The van der Waals surface area contributed by atoms with E-state index in [1.165, 1.54) is 0 Å². The van der Waals surface area contributed by atoms with Crippen LogP contribution in [-0.4, -0.2) is 40.7 Å². The second-order valence-corrected chi connectivity index (χ2v) is 8.48. The van der Waals surface area contributed by atoms with Crippen LogP contribution in [0.5, 0.6) is 0 Å². The van der Waals surface area contributed by atoms with E-state index < -0.39 is 5.66 Å². The zero-order valence-electron chi connectivity index (χ0n) is 17.2. The molecule has 1 spiro atoms. The summed E-state index contributed by atoms with van der Waals surface area (Å²) < 4.78 is 0. The summed E-state index contributed by atoms with van der Waals surface area (Å²) in [7, 11) is 0. The zero-order chi connectivity index (χ0) is 20.4. The summed E-state index contributed by atoms with van der Waals surface area (Å²) in [5, 5.41) is 3.08. The summed E-state index contributed by atoms with van der Waals surface area (Å²) in [6, 6.07) is 7.86. The van der Waals surface area contributed by atoms with E-state index in [0.29, 0.717) is 5.71 Å². The first-order valence-corrected chi connectivity index (χ1v) is 10.6. The molecular weight excluding hydrogens is 362 g/mol. The monoisotopic (exact) mass is 391 g/mol. The Hall–Kier alpha value is -2.69. The predicted octanol–water partition coefficient (Wildman–Crippen LogP) is 3.53. The highest BCUT2D eigenvalue weighted by Crippen LogP contribution is 2.39. The van der Waals surface area contributed by atoms with Gasteiger partial charge in [-0.2, -0.15) is 0 Å². The third-order valence-electron chi connectivity index (χ3n) is 6.29. The molecule has 2 atom stereocenters. The number of rotatable bonds is 4. The molecule has 1 aliphatic heterocycles. The fourth-order valence-corrected chi connectivity index (χ4v) is 4.52. The van der Waals surface area contributed by atoms with Crippen LogP contribution < -0.4 is 5.32 Å². The molecule has 1 aromatic rings. The molecule has 2 aliphatic carbocycles. The average Bonchev–Trinajstić information content (AvgIpc) is 2.97. The minimum absolute atomic E-state index is 0.0370. The maximum Gasteiger partial charge on any atom is 0.275 e. The minimum atomic E-state index is -0.569. The molecule has 4 rings (SSSR count). The van der Waals surface area contributed by atoms with E-state index in [2.05, 4.69) is 18.3 Å². The van der Waals surface area contributed by atoms with Crippen molar-refractivity contribution in [2.75, 3.05) is 6.54 Å². The molecule has 1 saturated carbocycles. The van der Waals surface area contributed by atoms with Crippen molar-refractivity contribution < 1.29 is 9.59 Å². The molecule has 5 heteroatoms. The van der Waals surface area contributed by atoms with Crippen molar-refractivity contribution in [3.63, 3.8) is 0 Å². The van der Waals surface area contributed by atoms with Gasteiger partial charge in [-0.25, -0.2) is 0 Å². The van der Waals surface area contributed by atoms with Crippen LogP contribution in [0.1, 0.15) is 50.2 Å². The van der Waals surface area contributed by atoms with E-state index in [1.54, 1.807) is 4.90 Å². The summed E-state index contributed by atoms with van der Waals surface area (Å²) in [5.41, 5.74) is 1.91. The first kappa shape index (κ1) is 19.6. The van der Waals surface area contributed by atoms with E-state index in [0.717, 1.165) is 43.2 Å². The van der Waals surface area contributed by atoms with Crippen LogP contribution >= 0.6 is 0 Å². The Labute approximate surface area is 172 Å². The topological polar surface area (TPSA) is 61.8 Å². The van der Waals surface area contributed by atoms with E-state index in [4.69, 9.17) is 4.99 Å². The third-order valence-corrected chi connectivity index (χ3v) is 6.29. The van der Waals surface area contributed by atoms with Crippen LogP contribution in [0.4, 0.5) is 0 Å². The van der Waals surface area contributed by atoms with E-state index in [-0.39, 0.29) is 30.3 Å². The molecule has 1 N–H and O–H groups in total. The normalized spacial score (nSPS) is 25.4. The van der Waals surface area contributed by atoms with Crippen molar-refractivity contribution in [3.05, 3.63) is 59.7 Å². The molecule has 1 fully saturated rings. The first-order chi connectivity index (χ1) is 14.0. The molecule has 0 radical (unpaired) electrons. The summed E-state index contributed by atoms with van der Waals surface area (Å²) in [5.74, 6) is -0.0141. The van der Waals surface area contributed by atoms with Gasteiger partial charge in [0.05, 0.1) is 6.04 Å². The van der Waals surface area contributed by atoms with Crippen molar-refractivity contribution in [3.8, 4) is 0 Å². The van der Waals surface area contributed by atoms with E-state index >= 15 is 0 Å². The van der Waals surface area contributed by atoms with Crippen LogP contribution in [0, 0.1) is 12.8 Å². The van der Waals surface area contributed by atoms with Crippen molar-refractivity contribution in [2.24, 2.45) is 10.9 Å². The molecule has 2 unspecified atom stereocenters. The Morgan fingerprint density at radius 3 is 2.52 bits per heavy atom. The number of carbonyl (C=O) groups excluding carboxylic acids is 2. The average molecular weight is 392 g/mol. The molecule has 5 nitrogen and oxygen atoms in total. The number of hydrogen-bond acceptors (Lipinski definition) is 3. The fourth-order valence-electron chi connectivity index (χ4n) is 4.52. The van der Waals surface area contributed by atoms with Gasteiger partial charge in [-0.05, 0) is 38.5 Å². The van der Waals surface area contributed by atoms with Gasteiger partial charge >= 0.3 is 0 Å². The van der Waals surface area contributed by atoms with Crippen molar-refractivity contribution in [1.82, 2.24) is 10.2 Å². The third kappa shape index (κ3) is 3.91. The second kappa shape index (κ2) is 7.97. The van der Waals surface area contributed by atoms with Crippen molar-refractivity contribution in [1.29, 1.82) is 0 Å². The van der Waals surface area contributed by atoms with Crippen LogP contribution in [0.25, 0.3) is 0 Å². The van der Waals surface area contributed by atoms with Gasteiger partial charge in [0, 0.05) is 5.56 Å². The van der Waals surface area contributed by atoms with Gasteiger partial charge in [-0.15, -0.1) is 0 Å². The molecule has 152 valence electrons. The molecule has 0 saturated heterocycles. The summed E-state index contributed by atoms with van der Waals surface area (Å²) in [6.45, 7) is 4.16. The molecule has 1 heterocycles. The fraction of sp³-hybridized carbons (Fsp3) is 0.458. The lowest BCUT2D eigenvalue weighted by molar-refractivity contribution is -0.136. The molecular formula is C24H29N3O2. The van der Waals surface area contributed by atoms with E-state index in [9.17, 15) is 9.59 Å². The highest BCUT2D eigenvalue weighted by atomic mass is 16.2. The SMILES string of the molecule is Cc1ccc(C2=NC3(CCCCC3)N(CC(=O)NC3C=CC=CC3C)C2=O)cc1. The zero-order valence-corrected chi connectivity index (χ0v) is 17.2. The van der Waals surface area contributed by atoms with Crippen molar-refractivity contribution in [2.45, 2.75) is 57.7 Å². The highest BCUT2D eigenvalue weighted by molar-refractivity contribution is 6.47. The Kier molecular flexibility index (Phi) is 5.39. The molecule has 1 aromatic carbocycles. The Morgan fingerprint density at radius 2 is 1.83 bits per heavy atom. The van der Waals surface area contributed by atoms with Crippen LogP contribution in [-0.2, 0) is 9.59 Å². The molecule has 0 aromatic heterocycles. The van der Waals surface area contributed by atoms with Gasteiger partial charge in [-0.3, -0.25) is 14.6 Å². The number of carbonyl (C=O) groups is 2. The molecule has 3 aliphatic rings. The lowest BCUT2D eigenvalue weighted by Crippen LogP contribution is -2.53. The number of amides is 2. The van der Waals surface area contributed by atoms with Crippen LogP contribution in [0.15, 0.2) is 53.6 Å². The maximum atomic E-state index is 13.3. The standard InChI is InChI=1S/C24H29N3O2/c1-17-10-12-19(13-11-17)22-23(29)27(24(26-22)14-6-3-7-15-24)16-21(28)25-20-9-5-4-8-18(20)2/h4-5,8-13,18,20H,3,6-7,14-16H2,1-2H3,(H,25,28). The number of allylic oxidation sites excluding steroid dienone is 2. The number of aryl methyl sites for hydroxylation is 1.